The van der Waals surface area contributed by atoms with Gasteiger partial charge in [-0.25, -0.2) is 0 Å². The number of hydrogen-bond acceptors (Lipinski definition) is 2. The topological polar surface area (TPSA) is 49.3 Å². The van der Waals surface area contributed by atoms with E-state index < -0.39 is 12.6 Å². The number of rotatable bonds is 7. The summed E-state index contributed by atoms with van der Waals surface area (Å²) in [6, 6.07) is 6.17. The van der Waals surface area contributed by atoms with Crippen LogP contribution in [0.1, 0.15) is 41.6 Å². The average molecular weight is 315 g/mol. The van der Waals surface area contributed by atoms with Crippen molar-refractivity contribution in [1.29, 1.82) is 0 Å². The molecule has 0 radical (unpaired) electrons. The van der Waals surface area contributed by atoms with E-state index in [1.807, 2.05) is 0 Å². The number of hydrogen-bond donors (Lipinski definition) is 2. The maximum absolute atomic E-state index is 12.2. The second-order valence-electron chi connectivity index (χ2n) is 5.74. The smallest absolute Gasteiger partial charge is 0.389 e. The highest BCUT2D eigenvalue weighted by molar-refractivity contribution is 5.94. The molecule has 1 atom stereocenters. The number of benzene rings is 1. The molecule has 22 heavy (non-hydrogen) atoms. The largest absolute Gasteiger partial charge is 0.396 e. The molecule has 0 bridgehead atoms. The molecule has 1 unspecified atom stereocenters. The Kier molecular flexibility index (Phi) is 5.45. The van der Waals surface area contributed by atoms with Gasteiger partial charge in [-0.05, 0) is 49.3 Å². The van der Waals surface area contributed by atoms with E-state index in [1.54, 1.807) is 24.3 Å². The fourth-order valence-corrected chi connectivity index (χ4v) is 2.42. The molecule has 1 aromatic carbocycles. The quantitative estimate of drug-likeness (QED) is 0.812. The lowest BCUT2D eigenvalue weighted by Crippen LogP contribution is -2.37. The van der Waals surface area contributed by atoms with Crippen LogP contribution in [0.15, 0.2) is 24.3 Å². The van der Waals surface area contributed by atoms with E-state index >= 15 is 0 Å². The fraction of sp³-hybridized carbons (Fsp3) is 0.562. The summed E-state index contributed by atoms with van der Waals surface area (Å²) in [5.74, 6) is 0.190. The van der Waals surface area contributed by atoms with Gasteiger partial charge < -0.3 is 10.4 Å². The van der Waals surface area contributed by atoms with E-state index in [2.05, 4.69) is 5.32 Å². The summed E-state index contributed by atoms with van der Waals surface area (Å²) in [5.41, 5.74) is 0.988. The maximum atomic E-state index is 12.2. The SMILES string of the molecule is O=C(NC(CCO)C1CC1)c1ccc(CCC(F)(F)F)cc1. The summed E-state index contributed by atoms with van der Waals surface area (Å²) >= 11 is 0. The van der Waals surface area contributed by atoms with Crippen LogP contribution in [0.5, 0.6) is 0 Å². The standard InChI is InChI=1S/C16H20F3NO2/c17-16(18,19)9-7-11-1-3-13(4-2-11)15(22)20-14(8-10-21)12-5-6-12/h1-4,12,14,21H,5-10H2,(H,20,22). The Labute approximate surface area is 127 Å². The first kappa shape index (κ1) is 16.8. The summed E-state index contributed by atoms with van der Waals surface area (Å²) in [4.78, 5) is 12.1. The molecule has 1 saturated carbocycles. The first-order valence-electron chi connectivity index (χ1n) is 7.46. The first-order chi connectivity index (χ1) is 10.4. The lowest BCUT2D eigenvalue weighted by molar-refractivity contribution is -0.134. The number of aliphatic hydroxyl groups excluding tert-OH is 1. The number of carbonyl (C=O) groups excluding carboxylic acids is 1. The molecule has 0 spiro atoms. The van der Waals surface area contributed by atoms with Crippen LogP contribution in [0.4, 0.5) is 13.2 Å². The third kappa shape index (κ3) is 5.33. The second kappa shape index (κ2) is 7.13. The van der Waals surface area contributed by atoms with Gasteiger partial charge in [-0.2, -0.15) is 13.2 Å². The van der Waals surface area contributed by atoms with Gasteiger partial charge in [0.15, 0.2) is 0 Å². The Morgan fingerprint density at radius 1 is 1.27 bits per heavy atom. The Hall–Kier alpha value is -1.56. The molecule has 1 aliphatic rings. The fourth-order valence-electron chi connectivity index (χ4n) is 2.42. The highest BCUT2D eigenvalue weighted by atomic mass is 19.4. The van der Waals surface area contributed by atoms with Gasteiger partial charge in [-0.1, -0.05) is 12.1 Å². The predicted octanol–water partition coefficient (Wildman–Crippen LogP) is 3.07. The number of nitrogens with one attached hydrogen (secondary N) is 1. The van der Waals surface area contributed by atoms with Crippen molar-refractivity contribution in [3.8, 4) is 0 Å². The molecule has 0 aromatic heterocycles. The van der Waals surface area contributed by atoms with E-state index in [0.29, 0.717) is 23.5 Å². The van der Waals surface area contributed by atoms with E-state index in [9.17, 15) is 18.0 Å². The van der Waals surface area contributed by atoms with Gasteiger partial charge in [0, 0.05) is 24.6 Å². The zero-order valence-electron chi connectivity index (χ0n) is 12.2. The van der Waals surface area contributed by atoms with Crippen molar-refractivity contribution in [3.63, 3.8) is 0 Å². The minimum absolute atomic E-state index is 0.0256. The predicted molar refractivity (Wildman–Crippen MR) is 76.5 cm³/mol. The number of alkyl halides is 3. The maximum Gasteiger partial charge on any atom is 0.389 e. The van der Waals surface area contributed by atoms with Gasteiger partial charge in [0.05, 0.1) is 0 Å². The van der Waals surface area contributed by atoms with Crippen LogP contribution in [0, 0.1) is 5.92 Å². The molecule has 0 heterocycles. The Morgan fingerprint density at radius 2 is 1.91 bits per heavy atom. The zero-order valence-corrected chi connectivity index (χ0v) is 12.2. The number of aryl methyl sites for hydroxylation is 1. The van der Waals surface area contributed by atoms with Crippen LogP contribution >= 0.6 is 0 Å². The van der Waals surface area contributed by atoms with Crippen molar-refractivity contribution in [2.45, 2.75) is 44.3 Å². The molecule has 6 heteroatoms. The van der Waals surface area contributed by atoms with Gasteiger partial charge in [0.1, 0.15) is 0 Å². The van der Waals surface area contributed by atoms with Crippen LogP contribution in [-0.4, -0.2) is 29.8 Å². The van der Waals surface area contributed by atoms with Crippen molar-refractivity contribution in [1.82, 2.24) is 5.32 Å². The summed E-state index contributed by atoms with van der Waals surface area (Å²) in [6.07, 6.45) is -2.47. The molecule has 1 amide bonds. The molecular weight excluding hydrogens is 295 g/mol. The third-order valence-electron chi connectivity index (χ3n) is 3.86. The molecule has 3 nitrogen and oxygen atoms in total. The number of amides is 1. The lowest BCUT2D eigenvalue weighted by Gasteiger charge is -2.17. The molecular formula is C16H20F3NO2. The molecule has 2 N–H and O–H groups in total. The zero-order chi connectivity index (χ0) is 16.2. The van der Waals surface area contributed by atoms with Gasteiger partial charge >= 0.3 is 6.18 Å². The number of aliphatic hydroxyl groups is 1. The molecule has 122 valence electrons. The van der Waals surface area contributed by atoms with Gasteiger partial charge in [-0.15, -0.1) is 0 Å². The summed E-state index contributed by atoms with van der Waals surface area (Å²) in [6.45, 7) is 0.0256. The average Bonchev–Trinajstić information content (AvgIpc) is 3.29. The summed E-state index contributed by atoms with van der Waals surface area (Å²) in [7, 11) is 0. The highest BCUT2D eigenvalue weighted by Gasteiger charge is 2.32. The normalized spacial score (nSPS) is 16.4. The Morgan fingerprint density at radius 3 is 2.41 bits per heavy atom. The van der Waals surface area contributed by atoms with Gasteiger partial charge in [-0.3, -0.25) is 4.79 Å². The van der Waals surface area contributed by atoms with Crippen molar-refractivity contribution >= 4 is 5.91 Å². The summed E-state index contributed by atoms with van der Waals surface area (Å²) < 4.78 is 36.5. The van der Waals surface area contributed by atoms with Crippen molar-refractivity contribution < 1.29 is 23.1 Å². The molecule has 2 rings (SSSR count). The Bertz CT molecular complexity index is 495. The van der Waals surface area contributed by atoms with E-state index in [4.69, 9.17) is 5.11 Å². The van der Waals surface area contributed by atoms with Gasteiger partial charge in [0.2, 0.25) is 0 Å². The highest BCUT2D eigenvalue weighted by Crippen LogP contribution is 2.34. The molecule has 1 aliphatic carbocycles. The van der Waals surface area contributed by atoms with Crippen LogP contribution in [0.2, 0.25) is 0 Å². The number of halogens is 3. The first-order valence-corrected chi connectivity index (χ1v) is 7.46. The van der Waals surface area contributed by atoms with Crippen LogP contribution in [0.3, 0.4) is 0 Å². The van der Waals surface area contributed by atoms with Crippen LogP contribution in [0.25, 0.3) is 0 Å². The van der Waals surface area contributed by atoms with Crippen molar-refractivity contribution in [2.24, 2.45) is 5.92 Å². The van der Waals surface area contributed by atoms with E-state index in [1.165, 1.54) is 0 Å². The monoisotopic (exact) mass is 315 g/mol. The minimum atomic E-state index is -4.17. The van der Waals surface area contributed by atoms with Crippen molar-refractivity contribution in [2.75, 3.05) is 6.61 Å². The van der Waals surface area contributed by atoms with Crippen molar-refractivity contribution in [3.05, 3.63) is 35.4 Å². The molecule has 1 fully saturated rings. The van der Waals surface area contributed by atoms with Gasteiger partial charge in [0.25, 0.3) is 5.91 Å². The molecule has 0 aliphatic heterocycles. The number of carbonyl (C=O) groups is 1. The second-order valence-corrected chi connectivity index (χ2v) is 5.74. The molecule has 1 aromatic rings. The van der Waals surface area contributed by atoms with Crippen LogP contribution in [-0.2, 0) is 6.42 Å². The van der Waals surface area contributed by atoms with Crippen LogP contribution < -0.4 is 5.32 Å². The lowest BCUT2D eigenvalue weighted by atomic mass is 10.1. The van der Waals surface area contributed by atoms with E-state index in [-0.39, 0.29) is 25.0 Å². The summed E-state index contributed by atoms with van der Waals surface area (Å²) in [5, 5.41) is 11.9. The van der Waals surface area contributed by atoms with E-state index in [0.717, 1.165) is 12.8 Å². The third-order valence-corrected chi connectivity index (χ3v) is 3.86. The molecule has 0 saturated heterocycles. The minimum Gasteiger partial charge on any atom is -0.396 e. The Balaban J connectivity index is 1.90.